The van der Waals surface area contributed by atoms with Crippen LogP contribution in [0.3, 0.4) is 0 Å². The van der Waals surface area contributed by atoms with Crippen LogP contribution in [0.5, 0.6) is 0 Å². The summed E-state index contributed by atoms with van der Waals surface area (Å²) in [6.07, 6.45) is 1.52. The first kappa shape index (κ1) is 22.6. The second-order valence-electron chi connectivity index (χ2n) is 8.51. The Morgan fingerprint density at radius 3 is 2.39 bits per heavy atom. The zero-order valence-electron chi connectivity index (χ0n) is 19.4. The zero-order valence-corrected chi connectivity index (χ0v) is 19.4. The Bertz CT molecular complexity index is 1180. The molecular weight excluding hydrogens is 410 g/mol. The zero-order chi connectivity index (χ0) is 23.2. The number of nitrogens with one attached hydrogen (secondary N) is 2. The maximum Gasteiger partial charge on any atom is 0.248 e. The van der Waals surface area contributed by atoms with Crippen LogP contribution in [0.25, 0.3) is 10.9 Å². The third-order valence-electron chi connectivity index (χ3n) is 6.00. The van der Waals surface area contributed by atoms with Gasteiger partial charge in [-0.25, -0.2) is 0 Å². The minimum Gasteiger partial charge on any atom is -0.378 e. The lowest BCUT2D eigenvalue weighted by Crippen LogP contribution is -2.37. The number of carbonyl (C=O) groups is 1. The van der Waals surface area contributed by atoms with Crippen molar-refractivity contribution in [3.63, 3.8) is 0 Å². The first-order valence-corrected chi connectivity index (χ1v) is 11.3. The number of anilines is 1. The van der Waals surface area contributed by atoms with Crippen LogP contribution in [0, 0.1) is 0 Å². The normalized spacial score (nSPS) is 12.9. The average molecular weight is 442 g/mol. The molecule has 33 heavy (non-hydrogen) atoms. The Labute approximate surface area is 195 Å². The number of hydrogen-bond donors (Lipinski definition) is 2. The van der Waals surface area contributed by atoms with Crippen molar-refractivity contribution in [2.75, 3.05) is 25.5 Å². The van der Waals surface area contributed by atoms with Crippen LogP contribution in [-0.4, -0.2) is 37.6 Å². The van der Waals surface area contributed by atoms with Crippen molar-refractivity contribution in [2.45, 2.75) is 25.6 Å². The predicted octanol–water partition coefficient (Wildman–Crippen LogP) is 5.09. The number of H-pyrrole nitrogens is 1. The van der Waals surface area contributed by atoms with Crippen LogP contribution < -0.4 is 10.2 Å². The number of para-hydroxylation sites is 1. The van der Waals surface area contributed by atoms with Crippen LogP contribution >= 0.6 is 0 Å². The van der Waals surface area contributed by atoms with Gasteiger partial charge >= 0.3 is 0 Å². The molecule has 1 amide bonds. The molecule has 2 unspecified atom stereocenters. The van der Waals surface area contributed by atoms with Gasteiger partial charge < -0.3 is 19.9 Å². The van der Waals surface area contributed by atoms with Gasteiger partial charge in [0.1, 0.15) is 6.10 Å². The standard InChI is InChI=1S/C28H31N3O2/c1-20(33-19-21-9-5-4-6-10-21)28(32)30-17-25(22-13-15-23(16-14-22)31(2)3)26-18-29-27-12-8-7-11-24(26)27/h4-16,18,20,25,29H,17,19H2,1-3H3,(H,30,32). The van der Waals surface area contributed by atoms with Gasteiger partial charge in [-0.05, 0) is 41.8 Å². The summed E-state index contributed by atoms with van der Waals surface area (Å²) in [5, 5.41) is 4.29. The van der Waals surface area contributed by atoms with Gasteiger partial charge in [0.2, 0.25) is 5.91 Å². The third-order valence-corrected chi connectivity index (χ3v) is 6.00. The number of rotatable bonds is 9. The fourth-order valence-corrected chi connectivity index (χ4v) is 4.01. The summed E-state index contributed by atoms with van der Waals surface area (Å²) in [7, 11) is 4.06. The Morgan fingerprint density at radius 2 is 1.67 bits per heavy atom. The fourth-order valence-electron chi connectivity index (χ4n) is 4.01. The van der Waals surface area contributed by atoms with Gasteiger partial charge in [0.05, 0.1) is 6.61 Å². The highest BCUT2D eigenvalue weighted by Crippen LogP contribution is 2.31. The maximum atomic E-state index is 12.8. The van der Waals surface area contributed by atoms with Gasteiger partial charge in [-0.1, -0.05) is 60.7 Å². The largest absolute Gasteiger partial charge is 0.378 e. The number of benzene rings is 3. The number of aromatic amines is 1. The smallest absolute Gasteiger partial charge is 0.248 e. The molecule has 4 aromatic rings. The fraction of sp³-hybridized carbons (Fsp3) is 0.250. The van der Waals surface area contributed by atoms with Crippen molar-refractivity contribution in [3.8, 4) is 0 Å². The molecule has 3 aromatic carbocycles. The third kappa shape index (κ3) is 5.44. The van der Waals surface area contributed by atoms with Gasteiger partial charge in [-0.2, -0.15) is 0 Å². The van der Waals surface area contributed by atoms with Gasteiger partial charge in [-0.3, -0.25) is 4.79 Å². The number of fused-ring (bicyclic) bond motifs is 1. The van der Waals surface area contributed by atoms with E-state index in [4.69, 9.17) is 4.74 Å². The highest BCUT2D eigenvalue weighted by molar-refractivity contribution is 5.85. The summed E-state index contributed by atoms with van der Waals surface area (Å²) < 4.78 is 5.81. The van der Waals surface area contributed by atoms with Crippen molar-refractivity contribution in [2.24, 2.45) is 0 Å². The van der Waals surface area contributed by atoms with E-state index in [2.05, 4.69) is 57.8 Å². The molecule has 1 aromatic heterocycles. The van der Waals surface area contributed by atoms with Crippen molar-refractivity contribution >= 4 is 22.5 Å². The average Bonchev–Trinajstić information content (AvgIpc) is 3.27. The van der Waals surface area contributed by atoms with Crippen molar-refractivity contribution < 1.29 is 9.53 Å². The van der Waals surface area contributed by atoms with E-state index in [0.29, 0.717) is 13.2 Å². The molecule has 170 valence electrons. The predicted molar refractivity (Wildman–Crippen MR) is 135 cm³/mol. The summed E-state index contributed by atoms with van der Waals surface area (Å²) in [4.78, 5) is 18.3. The highest BCUT2D eigenvalue weighted by atomic mass is 16.5. The Hall–Kier alpha value is -3.57. The quantitative estimate of drug-likeness (QED) is 0.381. The molecule has 0 saturated carbocycles. The van der Waals surface area contributed by atoms with Gasteiger partial charge in [-0.15, -0.1) is 0 Å². The lowest BCUT2D eigenvalue weighted by molar-refractivity contribution is -0.132. The van der Waals surface area contributed by atoms with E-state index < -0.39 is 6.10 Å². The molecule has 0 saturated heterocycles. The molecule has 4 rings (SSSR count). The second kappa shape index (κ2) is 10.4. The molecule has 5 heteroatoms. The van der Waals surface area contributed by atoms with E-state index in [1.165, 1.54) is 10.9 Å². The minimum absolute atomic E-state index is 0.0163. The molecular formula is C28H31N3O2. The molecule has 5 nitrogen and oxygen atoms in total. The number of nitrogens with zero attached hydrogens (tertiary/aromatic N) is 1. The van der Waals surface area contributed by atoms with E-state index in [1.807, 2.05) is 56.6 Å². The first-order chi connectivity index (χ1) is 16.0. The number of hydrogen-bond acceptors (Lipinski definition) is 3. The summed E-state index contributed by atoms with van der Waals surface area (Å²) in [6.45, 7) is 2.69. The van der Waals surface area contributed by atoms with Crippen LogP contribution in [-0.2, 0) is 16.1 Å². The molecule has 0 bridgehead atoms. The second-order valence-corrected chi connectivity index (χ2v) is 8.51. The molecule has 0 aliphatic carbocycles. The molecule has 0 aliphatic rings. The molecule has 0 spiro atoms. The summed E-state index contributed by atoms with van der Waals surface area (Å²) >= 11 is 0. The van der Waals surface area contributed by atoms with Gasteiger partial charge in [0.15, 0.2) is 0 Å². The monoisotopic (exact) mass is 441 g/mol. The van der Waals surface area contributed by atoms with Crippen LogP contribution in [0.15, 0.2) is 85.1 Å². The number of amides is 1. The van der Waals surface area contributed by atoms with Crippen LogP contribution in [0.2, 0.25) is 0 Å². The molecule has 0 fully saturated rings. The highest BCUT2D eigenvalue weighted by Gasteiger charge is 2.21. The van der Waals surface area contributed by atoms with E-state index in [0.717, 1.165) is 22.3 Å². The molecule has 0 aliphatic heterocycles. The summed E-state index contributed by atoms with van der Waals surface area (Å²) in [5.74, 6) is -0.0941. The molecule has 2 atom stereocenters. The maximum absolute atomic E-state index is 12.8. The van der Waals surface area contributed by atoms with Gasteiger partial charge in [0, 0.05) is 49.3 Å². The molecule has 2 N–H and O–H groups in total. The number of ether oxygens (including phenoxy) is 1. The minimum atomic E-state index is -0.537. The number of aromatic nitrogens is 1. The van der Waals surface area contributed by atoms with Crippen molar-refractivity contribution in [1.29, 1.82) is 0 Å². The molecule has 0 radical (unpaired) electrons. The molecule has 1 heterocycles. The summed E-state index contributed by atoms with van der Waals surface area (Å²) in [5.41, 5.74) is 5.61. The Kier molecular flexibility index (Phi) is 7.10. The lowest BCUT2D eigenvalue weighted by atomic mass is 9.90. The van der Waals surface area contributed by atoms with E-state index in [-0.39, 0.29) is 11.8 Å². The Balaban J connectivity index is 1.50. The van der Waals surface area contributed by atoms with Crippen molar-refractivity contribution in [3.05, 3.63) is 102 Å². The van der Waals surface area contributed by atoms with E-state index in [9.17, 15) is 4.79 Å². The topological polar surface area (TPSA) is 57.4 Å². The first-order valence-electron chi connectivity index (χ1n) is 11.3. The van der Waals surface area contributed by atoms with Crippen molar-refractivity contribution in [1.82, 2.24) is 10.3 Å². The lowest BCUT2D eigenvalue weighted by Gasteiger charge is -2.21. The summed E-state index contributed by atoms with van der Waals surface area (Å²) in [6, 6.07) is 26.7. The van der Waals surface area contributed by atoms with E-state index in [1.54, 1.807) is 6.92 Å². The SMILES string of the molecule is CC(OCc1ccccc1)C(=O)NCC(c1ccc(N(C)C)cc1)c1c[nH]c2ccccc12. The number of carbonyl (C=O) groups excluding carboxylic acids is 1. The van der Waals surface area contributed by atoms with Crippen LogP contribution in [0.4, 0.5) is 5.69 Å². The van der Waals surface area contributed by atoms with E-state index >= 15 is 0 Å². The van der Waals surface area contributed by atoms with Crippen LogP contribution in [0.1, 0.15) is 29.5 Å². The van der Waals surface area contributed by atoms with Gasteiger partial charge in [0.25, 0.3) is 0 Å². The Morgan fingerprint density at radius 1 is 0.970 bits per heavy atom.